The summed E-state index contributed by atoms with van der Waals surface area (Å²) in [4.78, 5) is 2.51. The second-order valence-corrected chi connectivity index (χ2v) is 5.77. The van der Waals surface area contributed by atoms with Gasteiger partial charge in [0.2, 0.25) is 0 Å². The van der Waals surface area contributed by atoms with Gasteiger partial charge in [0, 0.05) is 17.1 Å². The van der Waals surface area contributed by atoms with E-state index < -0.39 is 0 Å². The average Bonchev–Trinajstić information content (AvgIpc) is 3.10. The topological polar surface area (TPSA) is 29.3 Å². The minimum atomic E-state index is -0.274. The molecule has 1 saturated carbocycles. The van der Waals surface area contributed by atoms with Crippen LogP contribution in [0, 0.1) is 11.7 Å². The van der Waals surface area contributed by atoms with Crippen molar-refractivity contribution in [3.63, 3.8) is 0 Å². The summed E-state index contributed by atoms with van der Waals surface area (Å²) in [7, 11) is 0. The highest BCUT2D eigenvalue weighted by molar-refractivity contribution is 6.31. The van der Waals surface area contributed by atoms with Gasteiger partial charge in [-0.3, -0.25) is 4.90 Å². The minimum absolute atomic E-state index is 0.274. The zero-order valence-corrected chi connectivity index (χ0v) is 11.0. The van der Waals surface area contributed by atoms with Crippen LogP contribution < -0.4 is 5.73 Å². The van der Waals surface area contributed by atoms with Crippen molar-refractivity contribution in [1.82, 2.24) is 4.90 Å². The van der Waals surface area contributed by atoms with Gasteiger partial charge in [-0.15, -0.1) is 0 Å². The van der Waals surface area contributed by atoms with Crippen LogP contribution in [0.3, 0.4) is 0 Å². The van der Waals surface area contributed by atoms with E-state index in [2.05, 4.69) is 4.90 Å². The molecule has 4 heteroatoms. The highest BCUT2D eigenvalue weighted by Crippen LogP contribution is 2.45. The molecule has 1 aliphatic carbocycles. The van der Waals surface area contributed by atoms with Crippen LogP contribution in [0.15, 0.2) is 18.2 Å². The van der Waals surface area contributed by atoms with Gasteiger partial charge < -0.3 is 5.73 Å². The van der Waals surface area contributed by atoms with Crippen LogP contribution in [-0.2, 0) is 0 Å². The third-order valence-electron chi connectivity index (χ3n) is 4.16. The standard InChI is InChI=1S/C14H18ClFN2/c15-13-7-10(16)1-4-12(13)14-9(8-17)5-6-18(14)11-2-3-11/h1,4,7,9,11,14H,2-3,5-6,8,17H2. The molecule has 1 aliphatic heterocycles. The number of likely N-dealkylation sites (tertiary alicyclic amines) is 1. The van der Waals surface area contributed by atoms with Gasteiger partial charge in [0.05, 0.1) is 0 Å². The first kappa shape index (κ1) is 12.4. The fourth-order valence-electron chi connectivity index (χ4n) is 3.12. The Morgan fingerprint density at radius 3 is 2.72 bits per heavy atom. The molecule has 98 valence electrons. The average molecular weight is 269 g/mol. The lowest BCUT2D eigenvalue weighted by molar-refractivity contribution is 0.220. The van der Waals surface area contributed by atoms with Gasteiger partial charge in [-0.25, -0.2) is 4.39 Å². The second-order valence-electron chi connectivity index (χ2n) is 5.36. The molecule has 2 N–H and O–H groups in total. The predicted molar refractivity (Wildman–Crippen MR) is 71.0 cm³/mol. The Kier molecular flexibility index (Phi) is 3.31. The molecule has 1 heterocycles. The van der Waals surface area contributed by atoms with Crippen LogP contribution in [0.1, 0.15) is 30.9 Å². The van der Waals surface area contributed by atoms with Gasteiger partial charge in [-0.05, 0) is 56.0 Å². The fourth-order valence-corrected chi connectivity index (χ4v) is 3.40. The van der Waals surface area contributed by atoms with E-state index >= 15 is 0 Å². The van der Waals surface area contributed by atoms with Gasteiger partial charge >= 0.3 is 0 Å². The van der Waals surface area contributed by atoms with Crippen molar-refractivity contribution in [3.05, 3.63) is 34.6 Å². The normalized spacial score (nSPS) is 28.8. The molecule has 1 aromatic carbocycles. The molecular formula is C14H18ClFN2. The molecule has 0 bridgehead atoms. The summed E-state index contributed by atoms with van der Waals surface area (Å²) in [6.07, 6.45) is 3.66. The van der Waals surface area contributed by atoms with Crippen LogP contribution >= 0.6 is 11.6 Å². The first-order chi connectivity index (χ1) is 8.70. The Morgan fingerprint density at radius 2 is 2.11 bits per heavy atom. The van der Waals surface area contributed by atoms with E-state index in [0.29, 0.717) is 23.5 Å². The summed E-state index contributed by atoms with van der Waals surface area (Å²) in [6, 6.07) is 5.70. The highest BCUT2D eigenvalue weighted by Gasteiger charge is 2.42. The Hall–Kier alpha value is -0.640. The number of rotatable bonds is 3. The van der Waals surface area contributed by atoms with Gasteiger partial charge in [0.25, 0.3) is 0 Å². The van der Waals surface area contributed by atoms with Crippen LogP contribution in [0.25, 0.3) is 0 Å². The summed E-state index contributed by atoms with van der Waals surface area (Å²) < 4.78 is 13.2. The lowest BCUT2D eigenvalue weighted by Crippen LogP contribution is -2.30. The van der Waals surface area contributed by atoms with Crippen LogP contribution in [0.2, 0.25) is 5.02 Å². The first-order valence-electron chi connectivity index (χ1n) is 6.61. The summed E-state index contributed by atoms with van der Waals surface area (Å²) in [6.45, 7) is 1.76. The molecule has 0 aromatic heterocycles. The molecule has 2 fully saturated rings. The van der Waals surface area contributed by atoms with Crippen molar-refractivity contribution in [2.45, 2.75) is 31.3 Å². The van der Waals surface area contributed by atoms with Gasteiger partial charge in [-0.2, -0.15) is 0 Å². The molecule has 0 radical (unpaired) electrons. The zero-order valence-electron chi connectivity index (χ0n) is 10.3. The zero-order chi connectivity index (χ0) is 12.7. The predicted octanol–water partition coefficient (Wildman–Crippen LogP) is 2.96. The third kappa shape index (κ3) is 2.15. The summed E-state index contributed by atoms with van der Waals surface area (Å²) in [5.41, 5.74) is 6.92. The molecule has 2 aliphatic rings. The Balaban J connectivity index is 1.94. The lowest BCUT2D eigenvalue weighted by Gasteiger charge is -2.29. The van der Waals surface area contributed by atoms with E-state index in [-0.39, 0.29) is 11.9 Å². The quantitative estimate of drug-likeness (QED) is 0.913. The molecule has 2 unspecified atom stereocenters. The van der Waals surface area contributed by atoms with Crippen LogP contribution in [0.5, 0.6) is 0 Å². The van der Waals surface area contributed by atoms with Crippen molar-refractivity contribution >= 4 is 11.6 Å². The number of hydrogen-bond acceptors (Lipinski definition) is 2. The highest BCUT2D eigenvalue weighted by atomic mass is 35.5. The maximum atomic E-state index is 13.2. The summed E-state index contributed by atoms with van der Waals surface area (Å²) in [5, 5.41) is 0.533. The lowest BCUT2D eigenvalue weighted by atomic mass is 9.93. The molecule has 2 atom stereocenters. The van der Waals surface area contributed by atoms with Gasteiger partial charge in [0.15, 0.2) is 0 Å². The van der Waals surface area contributed by atoms with Crippen molar-refractivity contribution in [1.29, 1.82) is 0 Å². The summed E-state index contributed by atoms with van der Waals surface area (Å²) >= 11 is 6.21. The van der Waals surface area contributed by atoms with Crippen molar-refractivity contribution in [2.75, 3.05) is 13.1 Å². The molecular weight excluding hydrogens is 251 g/mol. The number of benzene rings is 1. The van der Waals surface area contributed by atoms with E-state index in [0.717, 1.165) is 18.5 Å². The molecule has 2 nitrogen and oxygen atoms in total. The Labute approximate surface area is 112 Å². The number of hydrogen-bond donors (Lipinski definition) is 1. The van der Waals surface area contributed by atoms with Crippen molar-refractivity contribution in [3.8, 4) is 0 Å². The number of halogens is 2. The molecule has 0 amide bonds. The summed E-state index contributed by atoms with van der Waals surface area (Å²) in [5.74, 6) is 0.164. The van der Waals surface area contributed by atoms with E-state index in [9.17, 15) is 4.39 Å². The molecule has 1 aromatic rings. The van der Waals surface area contributed by atoms with Crippen LogP contribution in [0.4, 0.5) is 4.39 Å². The maximum Gasteiger partial charge on any atom is 0.124 e. The SMILES string of the molecule is NCC1CCN(C2CC2)C1c1ccc(F)cc1Cl. The molecule has 1 saturated heterocycles. The molecule has 3 rings (SSSR count). The monoisotopic (exact) mass is 268 g/mol. The van der Waals surface area contributed by atoms with Crippen molar-refractivity contribution in [2.24, 2.45) is 11.7 Å². The van der Waals surface area contributed by atoms with E-state index in [4.69, 9.17) is 17.3 Å². The van der Waals surface area contributed by atoms with E-state index in [1.54, 1.807) is 0 Å². The van der Waals surface area contributed by atoms with Crippen LogP contribution in [-0.4, -0.2) is 24.0 Å². The maximum absolute atomic E-state index is 13.2. The Bertz CT molecular complexity index is 447. The third-order valence-corrected chi connectivity index (χ3v) is 4.49. The molecule has 0 spiro atoms. The second kappa shape index (κ2) is 4.80. The van der Waals surface area contributed by atoms with E-state index in [1.807, 2.05) is 6.07 Å². The largest absolute Gasteiger partial charge is 0.330 e. The van der Waals surface area contributed by atoms with Gasteiger partial charge in [0.1, 0.15) is 5.82 Å². The number of nitrogens with zero attached hydrogens (tertiary/aromatic N) is 1. The fraction of sp³-hybridized carbons (Fsp3) is 0.571. The Morgan fingerprint density at radius 1 is 1.33 bits per heavy atom. The van der Waals surface area contributed by atoms with E-state index in [1.165, 1.54) is 25.0 Å². The van der Waals surface area contributed by atoms with Crippen molar-refractivity contribution < 1.29 is 4.39 Å². The molecule has 18 heavy (non-hydrogen) atoms. The number of nitrogens with two attached hydrogens (primary N) is 1. The van der Waals surface area contributed by atoms with Gasteiger partial charge in [-0.1, -0.05) is 17.7 Å². The smallest absolute Gasteiger partial charge is 0.124 e. The minimum Gasteiger partial charge on any atom is -0.330 e. The first-order valence-corrected chi connectivity index (χ1v) is 6.99.